The lowest BCUT2D eigenvalue weighted by atomic mass is 10.2. The standard InChI is InChI=1S/C13H8N4S/c1-9-11(7-14)13(18-12(9)8-15)17-16-10-5-3-2-4-6-10/h2-6H,1H3/b17-16+. The highest BCUT2D eigenvalue weighted by Crippen LogP contribution is 2.35. The lowest BCUT2D eigenvalue weighted by molar-refractivity contribution is 1.24. The fourth-order valence-electron chi connectivity index (χ4n) is 1.40. The van der Waals surface area contributed by atoms with E-state index in [1.165, 1.54) is 11.3 Å². The van der Waals surface area contributed by atoms with E-state index in [4.69, 9.17) is 10.5 Å². The van der Waals surface area contributed by atoms with Crippen LogP contribution in [0.2, 0.25) is 0 Å². The molecule has 0 aliphatic rings. The summed E-state index contributed by atoms with van der Waals surface area (Å²) in [6, 6.07) is 13.4. The second kappa shape index (κ2) is 5.22. The normalized spacial score (nSPS) is 10.2. The van der Waals surface area contributed by atoms with E-state index in [1.807, 2.05) is 30.3 Å². The van der Waals surface area contributed by atoms with Crippen LogP contribution >= 0.6 is 11.3 Å². The van der Waals surface area contributed by atoms with Crippen molar-refractivity contribution in [1.29, 1.82) is 10.5 Å². The Kier molecular flexibility index (Phi) is 3.47. The highest BCUT2D eigenvalue weighted by Gasteiger charge is 2.14. The zero-order valence-corrected chi connectivity index (χ0v) is 10.4. The van der Waals surface area contributed by atoms with Crippen molar-refractivity contribution in [3.63, 3.8) is 0 Å². The van der Waals surface area contributed by atoms with Gasteiger partial charge in [-0.15, -0.1) is 21.6 Å². The van der Waals surface area contributed by atoms with Gasteiger partial charge in [0.15, 0.2) is 5.00 Å². The van der Waals surface area contributed by atoms with Crippen LogP contribution in [0.4, 0.5) is 10.7 Å². The van der Waals surface area contributed by atoms with Gasteiger partial charge >= 0.3 is 0 Å². The van der Waals surface area contributed by atoms with Crippen LogP contribution in [0, 0.1) is 29.6 Å². The van der Waals surface area contributed by atoms with Crippen molar-refractivity contribution < 1.29 is 0 Å². The van der Waals surface area contributed by atoms with Crippen LogP contribution in [0.5, 0.6) is 0 Å². The molecule has 0 aliphatic heterocycles. The Hall–Kier alpha value is -2.50. The average molecular weight is 252 g/mol. The summed E-state index contributed by atoms with van der Waals surface area (Å²) >= 11 is 1.19. The molecule has 0 amide bonds. The Labute approximate surface area is 108 Å². The van der Waals surface area contributed by atoms with Gasteiger partial charge in [0.05, 0.1) is 11.3 Å². The molecule has 5 heteroatoms. The summed E-state index contributed by atoms with van der Waals surface area (Å²) in [6.45, 7) is 1.75. The highest BCUT2D eigenvalue weighted by atomic mass is 32.1. The molecule has 2 aromatic rings. The third-order valence-corrected chi connectivity index (χ3v) is 3.43. The van der Waals surface area contributed by atoms with Crippen LogP contribution in [-0.4, -0.2) is 0 Å². The SMILES string of the molecule is Cc1c(C#N)sc(/N=N/c2ccccc2)c1C#N. The molecule has 0 saturated carbocycles. The summed E-state index contributed by atoms with van der Waals surface area (Å²) in [4.78, 5) is 0.508. The van der Waals surface area contributed by atoms with E-state index in [-0.39, 0.29) is 0 Å². The summed E-state index contributed by atoms with van der Waals surface area (Å²) in [5.74, 6) is 0. The van der Waals surface area contributed by atoms with Gasteiger partial charge in [0.25, 0.3) is 0 Å². The zero-order valence-electron chi connectivity index (χ0n) is 9.58. The van der Waals surface area contributed by atoms with E-state index in [2.05, 4.69) is 22.4 Å². The maximum Gasteiger partial charge on any atom is 0.158 e. The van der Waals surface area contributed by atoms with Crippen molar-refractivity contribution in [2.75, 3.05) is 0 Å². The summed E-state index contributed by atoms with van der Waals surface area (Å²) in [5, 5.41) is 26.5. The van der Waals surface area contributed by atoms with Gasteiger partial charge in [-0.1, -0.05) is 18.2 Å². The molecule has 0 radical (unpaired) electrons. The molecule has 2 rings (SSSR count). The first-order valence-corrected chi connectivity index (χ1v) is 5.98. The maximum atomic E-state index is 9.05. The van der Waals surface area contributed by atoms with E-state index >= 15 is 0 Å². The Morgan fingerprint density at radius 1 is 1.06 bits per heavy atom. The van der Waals surface area contributed by atoms with E-state index < -0.39 is 0 Å². The Balaban J connectivity index is 2.39. The molecule has 1 heterocycles. The van der Waals surface area contributed by atoms with Crippen LogP contribution in [0.1, 0.15) is 16.0 Å². The van der Waals surface area contributed by atoms with Crippen molar-refractivity contribution in [2.45, 2.75) is 6.92 Å². The van der Waals surface area contributed by atoms with Gasteiger partial charge < -0.3 is 0 Å². The van der Waals surface area contributed by atoms with Gasteiger partial charge in [0, 0.05) is 0 Å². The predicted octanol–water partition coefficient (Wildman–Crippen LogP) is 4.22. The molecule has 1 aromatic heterocycles. The third kappa shape index (κ3) is 2.27. The first-order chi connectivity index (χ1) is 8.76. The second-order valence-corrected chi connectivity index (χ2v) is 4.49. The summed E-state index contributed by atoms with van der Waals surface area (Å²) in [6.07, 6.45) is 0. The van der Waals surface area contributed by atoms with E-state index in [0.29, 0.717) is 26.7 Å². The number of nitrogens with zero attached hydrogens (tertiary/aromatic N) is 4. The first-order valence-electron chi connectivity index (χ1n) is 5.16. The lowest BCUT2D eigenvalue weighted by Gasteiger charge is -1.90. The number of thiophene rings is 1. The highest BCUT2D eigenvalue weighted by molar-refractivity contribution is 7.16. The van der Waals surface area contributed by atoms with Crippen LogP contribution in [-0.2, 0) is 0 Å². The zero-order chi connectivity index (χ0) is 13.0. The number of hydrogen-bond acceptors (Lipinski definition) is 5. The minimum Gasteiger partial charge on any atom is -0.192 e. The monoisotopic (exact) mass is 252 g/mol. The molecule has 0 atom stereocenters. The van der Waals surface area contributed by atoms with Crippen molar-refractivity contribution in [3.05, 3.63) is 46.3 Å². The van der Waals surface area contributed by atoms with Crippen LogP contribution in [0.25, 0.3) is 0 Å². The molecule has 86 valence electrons. The second-order valence-electron chi connectivity index (χ2n) is 3.50. The molecule has 0 unspecified atom stereocenters. The molecule has 0 aliphatic carbocycles. The predicted molar refractivity (Wildman–Crippen MR) is 69.1 cm³/mol. The average Bonchev–Trinajstić information content (AvgIpc) is 2.73. The van der Waals surface area contributed by atoms with Crippen molar-refractivity contribution in [3.8, 4) is 12.1 Å². The summed E-state index contributed by atoms with van der Waals surface area (Å²) in [5.41, 5.74) is 1.81. The summed E-state index contributed by atoms with van der Waals surface area (Å²) < 4.78 is 0. The third-order valence-electron chi connectivity index (χ3n) is 2.35. The van der Waals surface area contributed by atoms with Gasteiger partial charge in [-0.25, -0.2) is 0 Å². The van der Waals surface area contributed by atoms with Gasteiger partial charge in [-0.05, 0) is 24.6 Å². The smallest absolute Gasteiger partial charge is 0.158 e. The molecular formula is C13H8N4S. The van der Waals surface area contributed by atoms with Crippen LogP contribution in [0.15, 0.2) is 40.6 Å². The molecule has 1 aromatic carbocycles. The van der Waals surface area contributed by atoms with Gasteiger partial charge in [-0.2, -0.15) is 10.5 Å². The van der Waals surface area contributed by atoms with E-state index in [9.17, 15) is 0 Å². The van der Waals surface area contributed by atoms with Gasteiger partial charge in [0.2, 0.25) is 0 Å². The topological polar surface area (TPSA) is 72.3 Å². The molecule has 0 N–H and O–H groups in total. The van der Waals surface area contributed by atoms with Crippen LogP contribution < -0.4 is 0 Å². The fourth-order valence-corrected chi connectivity index (χ4v) is 2.28. The minimum atomic E-state index is 0.427. The number of azo groups is 1. The number of benzene rings is 1. The molecule has 18 heavy (non-hydrogen) atoms. The molecule has 0 saturated heterocycles. The Bertz CT molecular complexity index is 671. The molecule has 4 nitrogen and oxygen atoms in total. The molecule has 0 spiro atoms. The van der Waals surface area contributed by atoms with E-state index in [0.717, 1.165) is 0 Å². The van der Waals surface area contributed by atoms with Crippen molar-refractivity contribution in [1.82, 2.24) is 0 Å². The Morgan fingerprint density at radius 2 is 1.78 bits per heavy atom. The van der Waals surface area contributed by atoms with Gasteiger partial charge in [0.1, 0.15) is 17.0 Å². The molecule has 0 bridgehead atoms. The van der Waals surface area contributed by atoms with E-state index in [1.54, 1.807) is 6.92 Å². The number of nitriles is 2. The quantitative estimate of drug-likeness (QED) is 0.751. The lowest BCUT2D eigenvalue weighted by Crippen LogP contribution is -1.75. The van der Waals surface area contributed by atoms with Crippen LogP contribution in [0.3, 0.4) is 0 Å². The van der Waals surface area contributed by atoms with Crippen molar-refractivity contribution in [2.24, 2.45) is 10.2 Å². The minimum absolute atomic E-state index is 0.427. The maximum absolute atomic E-state index is 9.05. The fraction of sp³-hybridized carbons (Fsp3) is 0.0769. The molecular weight excluding hydrogens is 244 g/mol. The van der Waals surface area contributed by atoms with Crippen molar-refractivity contribution >= 4 is 22.0 Å². The largest absolute Gasteiger partial charge is 0.192 e. The summed E-state index contributed by atoms with van der Waals surface area (Å²) in [7, 11) is 0. The number of hydrogen-bond donors (Lipinski definition) is 0. The van der Waals surface area contributed by atoms with Gasteiger partial charge in [-0.3, -0.25) is 0 Å². The first kappa shape index (κ1) is 12.0. The molecule has 0 fully saturated rings. The number of rotatable bonds is 2. The Morgan fingerprint density at radius 3 is 2.39 bits per heavy atom.